The van der Waals surface area contributed by atoms with Gasteiger partial charge in [0.1, 0.15) is 0 Å². The lowest BCUT2D eigenvalue weighted by Crippen LogP contribution is -2.20. The van der Waals surface area contributed by atoms with Crippen molar-refractivity contribution < 1.29 is 22.7 Å². The van der Waals surface area contributed by atoms with Gasteiger partial charge in [0.15, 0.2) is 5.17 Å². The number of amidine groups is 1. The third-order valence-electron chi connectivity index (χ3n) is 6.64. The number of benzene rings is 2. The van der Waals surface area contributed by atoms with E-state index in [0.717, 1.165) is 55.0 Å². The maximum Gasteiger partial charge on any atom is 0.416 e. The van der Waals surface area contributed by atoms with Crippen LogP contribution in [0.1, 0.15) is 41.5 Å². The summed E-state index contributed by atoms with van der Waals surface area (Å²) in [6.07, 6.45) is 2.09. The fourth-order valence-corrected chi connectivity index (χ4v) is 5.46. The summed E-state index contributed by atoms with van der Waals surface area (Å²) in [6.45, 7) is 3.93. The number of nitrogens with one attached hydrogen (secondary N) is 1. The van der Waals surface area contributed by atoms with E-state index in [2.05, 4.69) is 15.4 Å². The fourth-order valence-electron chi connectivity index (χ4n) is 4.61. The van der Waals surface area contributed by atoms with Crippen LogP contribution in [0.3, 0.4) is 0 Å². The molecule has 0 aliphatic carbocycles. The minimum absolute atomic E-state index is 0.00498. The Kier molecular flexibility index (Phi) is 7.39. The molecular formula is C27H27F3N4O2S. The summed E-state index contributed by atoms with van der Waals surface area (Å²) < 4.78 is 47.6. The highest BCUT2D eigenvalue weighted by molar-refractivity contribution is 8.18. The Bertz CT molecular complexity index is 1370. The number of ether oxygens (including phenoxy) is 1. The van der Waals surface area contributed by atoms with E-state index in [1.165, 1.54) is 17.8 Å². The second-order valence-corrected chi connectivity index (χ2v) is 10.4. The lowest BCUT2D eigenvalue weighted by Gasteiger charge is -2.20. The molecule has 6 nitrogen and oxygen atoms in total. The van der Waals surface area contributed by atoms with E-state index in [9.17, 15) is 18.0 Å². The number of aryl methyl sites for hydroxylation is 1. The second kappa shape index (κ2) is 10.7. The molecule has 0 atom stereocenters. The van der Waals surface area contributed by atoms with Crippen molar-refractivity contribution >= 4 is 39.8 Å². The van der Waals surface area contributed by atoms with E-state index in [4.69, 9.17) is 4.74 Å². The summed E-state index contributed by atoms with van der Waals surface area (Å²) >= 11 is 1.32. The SMILES string of the molecule is Cc1ccc(Cn2ncc3cc(/C=C4\SC(=NCCC5CCOCC5)NC4=O)ccc32)c(C(F)(F)F)c1. The van der Waals surface area contributed by atoms with Crippen molar-refractivity contribution in [2.75, 3.05) is 19.8 Å². The Labute approximate surface area is 217 Å². The van der Waals surface area contributed by atoms with Gasteiger partial charge >= 0.3 is 6.18 Å². The first-order valence-electron chi connectivity index (χ1n) is 12.2. The normalized spacial score (nSPS) is 19.3. The van der Waals surface area contributed by atoms with Crippen LogP contribution in [0.25, 0.3) is 17.0 Å². The topological polar surface area (TPSA) is 68.5 Å². The first kappa shape index (κ1) is 25.5. The molecule has 3 heterocycles. The number of hydrogen-bond acceptors (Lipinski definition) is 5. The van der Waals surface area contributed by atoms with E-state index >= 15 is 0 Å². The van der Waals surface area contributed by atoms with Crippen LogP contribution in [0, 0.1) is 12.8 Å². The van der Waals surface area contributed by atoms with Crippen LogP contribution >= 0.6 is 11.8 Å². The largest absolute Gasteiger partial charge is 0.416 e. The zero-order chi connectivity index (χ0) is 26.0. The molecule has 0 unspecified atom stereocenters. The van der Waals surface area contributed by atoms with Crippen LogP contribution in [-0.4, -0.2) is 40.6 Å². The van der Waals surface area contributed by atoms with Crippen molar-refractivity contribution in [1.82, 2.24) is 15.1 Å². The van der Waals surface area contributed by atoms with Crippen molar-refractivity contribution in [3.63, 3.8) is 0 Å². The summed E-state index contributed by atoms with van der Waals surface area (Å²) in [5.41, 5.74) is 1.60. The third kappa shape index (κ3) is 6.07. The van der Waals surface area contributed by atoms with Crippen molar-refractivity contribution in [2.24, 2.45) is 10.9 Å². The summed E-state index contributed by atoms with van der Waals surface area (Å²) in [6, 6.07) is 9.87. The molecule has 2 fully saturated rings. The van der Waals surface area contributed by atoms with Gasteiger partial charge in [-0.1, -0.05) is 23.8 Å². The molecule has 0 radical (unpaired) electrons. The quantitative estimate of drug-likeness (QED) is 0.412. The minimum atomic E-state index is -4.43. The number of aromatic nitrogens is 2. The lowest BCUT2D eigenvalue weighted by molar-refractivity contribution is -0.138. The smallest absolute Gasteiger partial charge is 0.381 e. The highest BCUT2D eigenvalue weighted by Gasteiger charge is 2.33. The molecule has 0 saturated carbocycles. The Morgan fingerprint density at radius 1 is 1.22 bits per heavy atom. The van der Waals surface area contributed by atoms with E-state index in [1.54, 1.807) is 29.9 Å². The van der Waals surface area contributed by atoms with Crippen molar-refractivity contribution in [2.45, 2.75) is 38.9 Å². The van der Waals surface area contributed by atoms with Crippen LogP contribution in [0.2, 0.25) is 0 Å². The molecule has 2 saturated heterocycles. The van der Waals surface area contributed by atoms with Gasteiger partial charge in [0.2, 0.25) is 0 Å². The van der Waals surface area contributed by atoms with Crippen LogP contribution in [0.5, 0.6) is 0 Å². The molecule has 1 amide bonds. The average Bonchev–Trinajstić information content (AvgIpc) is 3.42. The number of carbonyl (C=O) groups is 1. The molecule has 194 valence electrons. The van der Waals surface area contributed by atoms with Crippen LogP contribution in [0.4, 0.5) is 13.2 Å². The van der Waals surface area contributed by atoms with E-state index < -0.39 is 11.7 Å². The Hall–Kier alpha value is -3.11. The molecule has 10 heteroatoms. The zero-order valence-corrected chi connectivity index (χ0v) is 21.2. The number of rotatable bonds is 6. The number of aliphatic imine (C=N–C) groups is 1. The first-order chi connectivity index (χ1) is 17.8. The number of amides is 1. The molecule has 2 aromatic carbocycles. The fraction of sp³-hybridized carbons (Fsp3) is 0.370. The van der Waals surface area contributed by atoms with Gasteiger partial charge in [-0.25, -0.2) is 0 Å². The summed E-state index contributed by atoms with van der Waals surface area (Å²) in [7, 11) is 0. The predicted molar refractivity (Wildman–Crippen MR) is 139 cm³/mol. The van der Waals surface area contributed by atoms with E-state index in [0.29, 0.717) is 28.1 Å². The second-order valence-electron chi connectivity index (χ2n) is 9.37. The van der Waals surface area contributed by atoms with Gasteiger partial charge in [0.05, 0.1) is 28.7 Å². The van der Waals surface area contributed by atoms with Gasteiger partial charge in [0, 0.05) is 25.1 Å². The number of hydrogen-bond donors (Lipinski definition) is 1. The molecule has 2 aliphatic rings. The molecule has 1 N–H and O–H groups in total. The maximum absolute atomic E-state index is 13.5. The molecule has 2 aliphatic heterocycles. The summed E-state index contributed by atoms with van der Waals surface area (Å²) in [4.78, 5) is 17.6. The maximum atomic E-state index is 13.5. The van der Waals surface area contributed by atoms with Gasteiger partial charge in [-0.2, -0.15) is 18.3 Å². The highest BCUT2D eigenvalue weighted by Crippen LogP contribution is 2.34. The monoisotopic (exact) mass is 528 g/mol. The summed E-state index contributed by atoms with van der Waals surface area (Å²) in [5, 5.41) is 8.54. The van der Waals surface area contributed by atoms with Gasteiger partial charge in [0.25, 0.3) is 5.91 Å². The predicted octanol–water partition coefficient (Wildman–Crippen LogP) is 5.79. The molecule has 37 heavy (non-hydrogen) atoms. The molecule has 1 aromatic heterocycles. The Morgan fingerprint density at radius 3 is 2.81 bits per heavy atom. The molecule has 3 aromatic rings. The first-order valence-corrected chi connectivity index (χ1v) is 13.0. The highest BCUT2D eigenvalue weighted by atomic mass is 32.2. The van der Waals surface area contributed by atoms with Crippen molar-refractivity contribution in [1.29, 1.82) is 0 Å². The number of carbonyl (C=O) groups excluding carboxylic acids is 1. The Morgan fingerprint density at radius 2 is 2.03 bits per heavy atom. The molecule has 5 rings (SSSR count). The van der Waals surface area contributed by atoms with Crippen LogP contribution in [-0.2, 0) is 22.3 Å². The minimum Gasteiger partial charge on any atom is -0.381 e. The van der Waals surface area contributed by atoms with Crippen LogP contribution < -0.4 is 5.32 Å². The van der Waals surface area contributed by atoms with Gasteiger partial charge in [-0.05, 0) is 79.3 Å². The standard InChI is InChI=1S/C27H27F3N4O2S/c1-17-2-4-20(22(12-17)27(28,29)30)16-34-23-5-3-19(13-21(23)15-32-34)14-24-25(35)33-26(37-24)31-9-6-18-7-10-36-11-8-18/h2-5,12-15,18H,6-11,16H2,1H3,(H,31,33,35)/b24-14-. The molecule has 0 bridgehead atoms. The van der Waals surface area contributed by atoms with Gasteiger partial charge in [-0.15, -0.1) is 0 Å². The molecular weight excluding hydrogens is 501 g/mol. The van der Waals surface area contributed by atoms with Crippen LogP contribution in [0.15, 0.2) is 52.5 Å². The zero-order valence-electron chi connectivity index (χ0n) is 20.3. The summed E-state index contributed by atoms with van der Waals surface area (Å²) in [5.74, 6) is 0.429. The van der Waals surface area contributed by atoms with Crippen molar-refractivity contribution in [3.8, 4) is 0 Å². The molecule has 0 spiro atoms. The Balaban J connectivity index is 1.29. The average molecular weight is 529 g/mol. The number of thioether (sulfide) groups is 1. The van der Waals surface area contributed by atoms with Crippen molar-refractivity contribution in [3.05, 3.63) is 69.8 Å². The number of halogens is 3. The van der Waals surface area contributed by atoms with Gasteiger partial charge in [-0.3, -0.25) is 14.5 Å². The lowest BCUT2D eigenvalue weighted by atomic mass is 9.97. The number of alkyl halides is 3. The van der Waals surface area contributed by atoms with E-state index in [-0.39, 0.29) is 18.0 Å². The number of nitrogens with zero attached hydrogens (tertiary/aromatic N) is 3. The van der Waals surface area contributed by atoms with E-state index in [1.807, 2.05) is 18.2 Å². The third-order valence-corrected chi connectivity index (χ3v) is 7.59. The number of fused-ring (bicyclic) bond motifs is 1. The van der Waals surface area contributed by atoms with Gasteiger partial charge < -0.3 is 10.1 Å².